The summed E-state index contributed by atoms with van der Waals surface area (Å²) in [5.74, 6) is 0. The van der Waals surface area contributed by atoms with Gasteiger partial charge in [-0.15, -0.1) is 0 Å². The van der Waals surface area contributed by atoms with Gasteiger partial charge in [-0.05, 0) is 17.8 Å². The molecule has 2 aromatic carbocycles. The SMILES string of the molecule is S=C1NC[NH+]([C@H](Cc2ccccc2)c2ccccc2)CN1. The summed E-state index contributed by atoms with van der Waals surface area (Å²) in [6.45, 7) is 1.72. The number of rotatable bonds is 4. The zero-order valence-electron chi connectivity index (χ0n) is 11.9. The van der Waals surface area contributed by atoms with Crippen LogP contribution in [0, 0.1) is 0 Å². The number of thiocarbonyl (C=S) groups is 1. The van der Waals surface area contributed by atoms with E-state index in [2.05, 4.69) is 71.3 Å². The average Bonchev–Trinajstić information content (AvgIpc) is 2.55. The standard InChI is InChI=1S/C17H19N3S/c21-17-18-12-20(13-19-17)16(15-9-5-2-6-10-15)11-14-7-3-1-4-8-14/h1-10,16H,11-13H2,(H2,18,19,21)/p+1/t16-/m1/s1. The van der Waals surface area contributed by atoms with Crippen LogP contribution < -0.4 is 15.5 Å². The van der Waals surface area contributed by atoms with Crippen LogP contribution >= 0.6 is 12.2 Å². The van der Waals surface area contributed by atoms with Gasteiger partial charge in [-0.1, -0.05) is 60.7 Å². The van der Waals surface area contributed by atoms with Crippen LogP contribution in [-0.4, -0.2) is 18.4 Å². The molecule has 1 aliphatic heterocycles. The second kappa shape index (κ2) is 6.70. The second-order valence-corrected chi connectivity index (χ2v) is 5.76. The Kier molecular flexibility index (Phi) is 4.48. The molecule has 1 atom stereocenters. The van der Waals surface area contributed by atoms with Gasteiger partial charge in [-0.25, -0.2) is 0 Å². The first-order valence-corrected chi connectivity index (χ1v) is 7.69. The van der Waals surface area contributed by atoms with Crippen LogP contribution in [0.3, 0.4) is 0 Å². The minimum Gasteiger partial charge on any atom is -0.316 e. The van der Waals surface area contributed by atoms with E-state index in [4.69, 9.17) is 12.2 Å². The fourth-order valence-electron chi connectivity index (χ4n) is 2.79. The Bertz CT molecular complexity index is 575. The third-order valence-electron chi connectivity index (χ3n) is 3.93. The normalized spacial score (nSPS) is 16.9. The highest BCUT2D eigenvalue weighted by Crippen LogP contribution is 2.15. The average molecular weight is 298 g/mol. The van der Waals surface area contributed by atoms with Gasteiger partial charge in [0, 0.05) is 12.0 Å². The van der Waals surface area contributed by atoms with Crippen LogP contribution in [0.25, 0.3) is 0 Å². The quantitative estimate of drug-likeness (QED) is 0.742. The Morgan fingerprint density at radius 3 is 2.10 bits per heavy atom. The molecule has 3 rings (SSSR count). The van der Waals surface area contributed by atoms with Gasteiger partial charge in [0.05, 0.1) is 0 Å². The van der Waals surface area contributed by atoms with Gasteiger partial charge in [0.15, 0.2) is 18.4 Å². The minimum absolute atomic E-state index is 0.414. The molecule has 2 aromatic rings. The lowest BCUT2D eigenvalue weighted by atomic mass is 9.97. The molecule has 21 heavy (non-hydrogen) atoms. The van der Waals surface area contributed by atoms with Gasteiger partial charge in [0.1, 0.15) is 6.04 Å². The van der Waals surface area contributed by atoms with Crippen LogP contribution in [0.2, 0.25) is 0 Å². The third-order valence-corrected chi connectivity index (χ3v) is 4.22. The maximum atomic E-state index is 5.16. The van der Waals surface area contributed by atoms with Crippen molar-refractivity contribution in [2.24, 2.45) is 0 Å². The zero-order chi connectivity index (χ0) is 14.5. The Balaban J connectivity index is 1.83. The summed E-state index contributed by atoms with van der Waals surface area (Å²) in [4.78, 5) is 1.46. The van der Waals surface area contributed by atoms with E-state index < -0.39 is 0 Å². The monoisotopic (exact) mass is 298 g/mol. The molecule has 0 radical (unpaired) electrons. The molecule has 4 heteroatoms. The van der Waals surface area contributed by atoms with E-state index in [1.54, 1.807) is 0 Å². The van der Waals surface area contributed by atoms with Crippen LogP contribution in [-0.2, 0) is 6.42 Å². The van der Waals surface area contributed by atoms with Crippen LogP contribution in [0.1, 0.15) is 17.2 Å². The smallest absolute Gasteiger partial charge is 0.174 e. The molecular formula is C17H20N3S+. The van der Waals surface area contributed by atoms with E-state index in [-0.39, 0.29) is 0 Å². The van der Waals surface area contributed by atoms with E-state index in [1.165, 1.54) is 16.0 Å². The highest BCUT2D eigenvalue weighted by Gasteiger charge is 2.26. The number of quaternary nitrogens is 1. The first-order chi connectivity index (χ1) is 10.3. The van der Waals surface area contributed by atoms with E-state index in [0.29, 0.717) is 6.04 Å². The molecule has 108 valence electrons. The summed E-state index contributed by atoms with van der Waals surface area (Å²) in [5.41, 5.74) is 2.74. The molecule has 0 amide bonds. The van der Waals surface area contributed by atoms with E-state index in [0.717, 1.165) is 24.9 Å². The molecule has 0 spiro atoms. The number of hydrogen-bond acceptors (Lipinski definition) is 1. The predicted molar refractivity (Wildman–Crippen MR) is 88.9 cm³/mol. The summed E-state index contributed by atoms with van der Waals surface area (Å²) in [5, 5.41) is 7.26. The van der Waals surface area contributed by atoms with E-state index in [1.807, 2.05) is 0 Å². The first-order valence-electron chi connectivity index (χ1n) is 7.28. The lowest BCUT2D eigenvalue weighted by molar-refractivity contribution is -0.937. The Labute approximate surface area is 131 Å². The summed E-state index contributed by atoms with van der Waals surface area (Å²) in [7, 11) is 0. The number of benzene rings is 2. The zero-order valence-corrected chi connectivity index (χ0v) is 12.7. The second-order valence-electron chi connectivity index (χ2n) is 5.35. The van der Waals surface area contributed by atoms with Gasteiger partial charge < -0.3 is 10.6 Å². The van der Waals surface area contributed by atoms with Crippen LogP contribution in [0.4, 0.5) is 0 Å². The number of nitrogens with one attached hydrogen (secondary N) is 3. The lowest BCUT2D eigenvalue weighted by Crippen LogP contribution is -3.17. The van der Waals surface area contributed by atoms with Crippen molar-refractivity contribution in [1.82, 2.24) is 10.6 Å². The Morgan fingerprint density at radius 2 is 1.48 bits per heavy atom. The molecule has 1 heterocycles. The van der Waals surface area contributed by atoms with Crippen molar-refractivity contribution in [2.75, 3.05) is 13.3 Å². The van der Waals surface area contributed by atoms with Gasteiger partial charge in [-0.3, -0.25) is 4.90 Å². The van der Waals surface area contributed by atoms with Gasteiger partial charge in [0.25, 0.3) is 0 Å². The molecule has 1 aliphatic rings. The summed E-state index contributed by atoms with van der Waals surface area (Å²) >= 11 is 5.16. The first kappa shape index (κ1) is 14.0. The molecular weight excluding hydrogens is 278 g/mol. The molecule has 0 aliphatic carbocycles. The highest BCUT2D eigenvalue weighted by molar-refractivity contribution is 7.80. The molecule has 1 saturated heterocycles. The Hall–Kier alpha value is -1.91. The van der Waals surface area contributed by atoms with Crippen molar-refractivity contribution < 1.29 is 4.90 Å². The van der Waals surface area contributed by atoms with E-state index in [9.17, 15) is 0 Å². The van der Waals surface area contributed by atoms with E-state index >= 15 is 0 Å². The maximum Gasteiger partial charge on any atom is 0.174 e. The number of hydrogen-bond donors (Lipinski definition) is 3. The lowest BCUT2D eigenvalue weighted by Gasteiger charge is -2.33. The fourth-order valence-corrected chi connectivity index (χ4v) is 2.94. The molecule has 0 aromatic heterocycles. The molecule has 3 nitrogen and oxygen atoms in total. The molecule has 0 saturated carbocycles. The van der Waals surface area contributed by atoms with Crippen molar-refractivity contribution >= 4 is 17.3 Å². The van der Waals surface area contributed by atoms with Gasteiger partial charge in [0.2, 0.25) is 0 Å². The minimum atomic E-state index is 0.414. The summed E-state index contributed by atoms with van der Waals surface area (Å²) in [6, 6.07) is 21.8. The van der Waals surface area contributed by atoms with Crippen molar-refractivity contribution in [1.29, 1.82) is 0 Å². The van der Waals surface area contributed by atoms with Crippen LogP contribution in [0.15, 0.2) is 60.7 Å². The molecule has 0 bridgehead atoms. The third kappa shape index (κ3) is 3.60. The van der Waals surface area contributed by atoms with Crippen molar-refractivity contribution in [3.8, 4) is 0 Å². The fraction of sp³-hybridized carbons (Fsp3) is 0.235. The van der Waals surface area contributed by atoms with Crippen molar-refractivity contribution in [2.45, 2.75) is 12.5 Å². The summed E-state index contributed by atoms with van der Waals surface area (Å²) < 4.78 is 0. The van der Waals surface area contributed by atoms with Gasteiger partial charge >= 0.3 is 0 Å². The van der Waals surface area contributed by atoms with Gasteiger partial charge in [-0.2, -0.15) is 0 Å². The Morgan fingerprint density at radius 1 is 0.905 bits per heavy atom. The molecule has 0 unspecified atom stereocenters. The molecule has 3 N–H and O–H groups in total. The van der Waals surface area contributed by atoms with Crippen LogP contribution in [0.5, 0.6) is 0 Å². The van der Waals surface area contributed by atoms with Crippen molar-refractivity contribution in [3.05, 3.63) is 71.8 Å². The topological polar surface area (TPSA) is 28.5 Å². The summed E-state index contributed by atoms with van der Waals surface area (Å²) in [6.07, 6.45) is 1.02. The largest absolute Gasteiger partial charge is 0.316 e. The van der Waals surface area contributed by atoms with Crippen molar-refractivity contribution in [3.63, 3.8) is 0 Å². The highest BCUT2D eigenvalue weighted by atomic mass is 32.1. The predicted octanol–water partition coefficient (Wildman–Crippen LogP) is 1.25. The molecule has 1 fully saturated rings. The maximum absolute atomic E-state index is 5.16.